The molecule has 1 aliphatic rings. The van der Waals surface area contributed by atoms with Crippen molar-refractivity contribution in [2.75, 3.05) is 38.7 Å². The predicted molar refractivity (Wildman–Crippen MR) is 113 cm³/mol. The van der Waals surface area contributed by atoms with Gasteiger partial charge in [0.25, 0.3) is 0 Å². The molecule has 0 radical (unpaired) electrons. The molecule has 1 fully saturated rings. The molecular formula is C20H27N5O3S. The highest BCUT2D eigenvalue weighted by Gasteiger charge is 2.28. The maximum atomic E-state index is 12.6. The Morgan fingerprint density at radius 1 is 1.38 bits per heavy atom. The van der Waals surface area contributed by atoms with Crippen molar-refractivity contribution in [2.45, 2.75) is 26.3 Å². The molecule has 9 heteroatoms. The summed E-state index contributed by atoms with van der Waals surface area (Å²) in [4.78, 5) is 35.3. The van der Waals surface area contributed by atoms with Crippen molar-refractivity contribution in [3.63, 3.8) is 0 Å². The van der Waals surface area contributed by atoms with Crippen LogP contribution >= 0.6 is 11.3 Å². The molecule has 0 aromatic carbocycles. The largest absolute Gasteiger partial charge is 0.373 e. The van der Waals surface area contributed by atoms with Crippen molar-refractivity contribution in [1.29, 1.82) is 0 Å². The van der Waals surface area contributed by atoms with Crippen LogP contribution in [0.3, 0.4) is 0 Å². The van der Waals surface area contributed by atoms with E-state index in [1.165, 1.54) is 11.3 Å². The van der Waals surface area contributed by atoms with Crippen molar-refractivity contribution >= 4 is 29.0 Å². The minimum Gasteiger partial charge on any atom is -0.373 e. The second-order valence-electron chi connectivity index (χ2n) is 6.84. The van der Waals surface area contributed by atoms with Crippen molar-refractivity contribution in [1.82, 2.24) is 20.2 Å². The van der Waals surface area contributed by atoms with Gasteiger partial charge in [-0.2, -0.15) is 0 Å². The third-order valence-electron chi connectivity index (χ3n) is 4.86. The van der Waals surface area contributed by atoms with E-state index in [1.807, 2.05) is 31.5 Å². The number of nitrogens with zero attached hydrogens (tertiary/aromatic N) is 3. The fourth-order valence-electron chi connectivity index (χ4n) is 3.22. The van der Waals surface area contributed by atoms with E-state index >= 15 is 0 Å². The Bertz CT molecular complexity index is 824. The number of carbonyl (C=O) groups is 2. The molecule has 2 aromatic heterocycles. The van der Waals surface area contributed by atoms with E-state index in [9.17, 15) is 9.59 Å². The van der Waals surface area contributed by atoms with Gasteiger partial charge in [0.15, 0.2) is 0 Å². The van der Waals surface area contributed by atoms with Crippen molar-refractivity contribution in [3.05, 3.63) is 28.7 Å². The van der Waals surface area contributed by atoms with Crippen LogP contribution in [-0.4, -0.2) is 60.0 Å². The standard InChI is InChI=1S/C20H27N5O3S/c1-3-28-12-19(26)25-8-4-5-15(11-25)20(27)23-10-18-24-16(13-29-18)14-6-7-17(21-2)22-9-14/h6-7,9,13,15H,3-5,8,10-12H2,1-2H3,(H,21,22)(H,23,27)/t15-/m0/s1. The normalized spacial score (nSPS) is 16.5. The lowest BCUT2D eigenvalue weighted by Gasteiger charge is -2.32. The van der Waals surface area contributed by atoms with Gasteiger partial charge in [-0.1, -0.05) is 0 Å². The van der Waals surface area contributed by atoms with Crippen LogP contribution in [-0.2, 0) is 20.9 Å². The molecule has 0 bridgehead atoms. The van der Waals surface area contributed by atoms with E-state index in [0.29, 0.717) is 26.2 Å². The predicted octanol–water partition coefficient (Wildman–Crippen LogP) is 2.14. The summed E-state index contributed by atoms with van der Waals surface area (Å²) in [5.41, 5.74) is 1.79. The van der Waals surface area contributed by atoms with Gasteiger partial charge in [-0.15, -0.1) is 11.3 Å². The first kappa shape index (κ1) is 21.2. The SMILES string of the molecule is CCOCC(=O)N1CCC[C@H](C(=O)NCc2nc(-c3ccc(NC)nc3)cs2)C1. The van der Waals surface area contributed by atoms with E-state index < -0.39 is 0 Å². The third kappa shape index (κ3) is 5.74. The Balaban J connectivity index is 1.51. The fraction of sp³-hybridized carbons (Fsp3) is 0.500. The number of nitrogens with one attached hydrogen (secondary N) is 2. The molecule has 29 heavy (non-hydrogen) atoms. The fourth-order valence-corrected chi connectivity index (χ4v) is 3.97. The number of ether oxygens (including phenoxy) is 1. The van der Waals surface area contributed by atoms with Gasteiger partial charge >= 0.3 is 0 Å². The zero-order chi connectivity index (χ0) is 20.6. The highest BCUT2D eigenvalue weighted by Crippen LogP contribution is 2.22. The highest BCUT2D eigenvalue weighted by atomic mass is 32.1. The zero-order valence-electron chi connectivity index (χ0n) is 16.8. The van der Waals surface area contributed by atoms with E-state index in [0.717, 1.165) is 34.9 Å². The van der Waals surface area contributed by atoms with Gasteiger partial charge < -0.3 is 20.3 Å². The molecule has 1 saturated heterocycles. The number of pyridine rings is 1. The minimum absolute atomic E-state index is 0.0318. The summed E-state index contributed by atoms with van der Waals surface area (Å²) < 4.78 is 5.19. The Morgan fingerprint density at radius 3 is 2.97 bits per heavy atom. The summed E-state index contributed by atoms with van der Waals surface area (Å²) in [7, 11) is 1.83. The van der Waals surface area contributed by atoms with Crippen molar-refractivity contribution in [3.8, 4) is 11.3 Å². The third-order valence-corrected chi connectivity index (χ3v) is 5.70. The number of rotatable bonds is 8. The molecule has 3 rings (SSSR count). The first-order valence-corrected chi connectivity index (χ1v) is 10.7. The summed E-state index contributed by atoms with van der Waals surface area (Å²) in [5.74, 6) is 0.535. The molecule has 0 saturated carbocycles. The van der Waals surface area contributed by atoms with Crippen LogP contribution in [0, 0.1) is 5.92 Å². The second kappa shape index (κ2) is 10.3. The number of anilines is 1. The number of piperidine rings is 1. The van der Waals surface area contributed by atoms with Crippen LogP contribution in [0.5, 0.6) is 0 Å². The molecule has 3 heterocycles. The Morgan fingerprint density at radius 2 is 2.24 bits per heavy atom. The molecule has 0 spiro atoms. The maximum Gasteiger partial charge on any atom is 0.248 e. The number of carbonyl (C=O) groups excluding carboxylic acids is 2. The van der Waals surface area contributed by atoms with Gasteiger partial charge in [-0.05, 0) is 31.9 Å². The number of likely N-dealkylation sites (tertiary alicyclic amines) is 1. The molecule has 2 N–H and O–H groups in total. The van der Waals surface area contributed by atoms with E-state index in [-0.39, 0.29) is 24.3 Å². The zero-order valence-corrected chi connectivity index (χ0v) is 17.6. The first-order chi connectivity index (χ1) is 14.1. The Labute approximate surface area is 174 Å². The lowest BCUT2D eigenvalue weighted by molar-refractivity contribution is -0.139. The lowest BCUT2D eigenvalue weighted by atomic mass is 9.97. The topological polar surface area (TPSA) is 96.5 Å². The smallest absolute Gasteiger partial charge is 0.248 e. The van der Waals surface area contributed by atoms with Gasteiger partial charge in [-0.3, -0.25) is 9.59 Å². The average molecular weight is 418 g/mol. The quantitative estimate of drug-likeness (QED) is 0.683. The average Bonchev–Trinajstić information content (AvgIpc) is 3.25. The molecule has 1 aliphatic heterocycles. The summed E-state index contributed by atoms with van der Waals surface area (Å²) >= 11 is 1.51. The Hall–Kier alpha value is -2.52. The lowest BCUT2D eigenvalue weighted by Crippen LogP contribution is -2.46. The molecular weight excluding hydrogens is 390 g/mol. The van der Waals surface area contributed by atoms with E-state index in [1.54, 1.807) is 11.1 Å². The highest BCUT2D eigenvalue weighted by molar-refractivity contribution is 7.09. The van der Waals surface area contributed by atoms with E-state index in [4.69, 9.17) is 4.74 Å². The molecule has 8 nitrogen and oxygen atoms in total. The molecule has 156 valence electrons. The summed E-state index contributed by atoms with van der Waals surface area (Å²) in [6, 6.07) is 3.87. The van der Waals surface area contributed by atoms with Crippen LogP contribution in [0.4, 0.5) is 5.82 Å². The summed E-state index contributed by atoms with van der Waals surface area (Å²) in [5, 5.41) is 8.76. The second-order valence-corrected chi connectivity index (χ2v) is 7.79. The van der Waals surface area contributed by atoms with E-state index in [2.05, 4.69) is 20.6 Å². The molecule has 1 atom stereocenters. The number of thiazole rings is 1. The Kier molecular flexibility index (Phi) is 7.54. The number of amides is 2. The van der Waals surface area contributed by atoms with Crippen LogP contribution in [0.1, 0.15) is 24.8 Å². The van der Waals surface area contributed by atoms with Crippen LogP contribution in [0.25, 0.3) is 11.3 Å². The van der Waals surface area contributed by atoms with Gasteiger partial charge in [-0.25, -0.2) is 9.97 Å². The summed E-state index contributed by atoms with van der Waals surface area (Å²) in [6.45, 7) is 3.97. The summed E-state index contributed by atoms with van der Waals surface area (Å²) in [6.07, 6.45) is 3.39. The molecule has 2 aromatic rings. The van der Waals surface area contributed by atoms with Gasteiger partial charge in [0, 0.05) is 43.9 Å². The number of aromatic nitrogens is 2. The monoisotopic (exact) mass is 417 g/mol. The van der Waals surface area contributed by atoms with Crippen molar-refractivity contribution < 1.29 is 14.3 Å². The maximum absolute atomic E-state index is 12.6. The minimum atomic E-state index is -0.188. The van der Waals surface area contributed by atoms with Crippen LogP contribution < -0.4 is 10.6 Å². The van der Waals surface area contributed by atoms with Gasteiger partial charge in [0.05, 0.1) is 18.2 Å². The van der Waals surface area contributed by atoms with Crippen LogP contribution in [0.2, 0.25) is 0 Å². The number of hydrogen-bond donors (Lipinski definition) is 2. The molecule has 0 unspecified atom stereocenters. The van der Waals surface area contributed by atoms with Crippen LogP contribution in [0.15, 0.2) is 23.7 Å². The van der Waals surface area contributed by atoms with Gasteiger partial charge in [0.1, 0.15) is 17.4 Å². The van der Waals surface area contributed by atoms with Crippen molar-refractivity contribution in [2.24, 2.45) is 5.92 Å². The van der Waals surface area contributed by atoms with Gasteiger partial charge in [0.2, 0.25) is 11.8 Å². The number of hydrogen-bond acceptors (Lipinski definition) is 7. The molecule has 2 amide bonds. The first-order valence-electron chi connectivity index (χ1n) is 9.82. The molecule has 0 aliphatic carbocycles.